The van der Waals surface area contributed by atoms with Gasteiger partial charge in [0.1, 0.15) is 5.54 Å². The Labute approximate surface area is 222 Å². The van der Waals surface area contributed by atoms with E-state index in [0.29, 0.717) is 23.2 Å². The van der Waals surface area contributed by atoms with Crippen molar-refractivity contribution in [1.29, 1.82) is 0 Å². The smallest absolute Gasteiger partial charge is 0.337 e. The van der Waals surface area contributed by atoms with E-state index in [0.717, 1.165) is 44.1 Å². The Morgan fingerprint density at radius 2 is 1.66 bits per heavy atom. The number of aryl methyl sites for hydroxylation is 1. The zero-order chi connectivity index (χ0) is 27.0. The third-order valence-electron chi connectivity index (χ3n) is 8.66. The van der Waals surface area contributed by atoms with Gasteiger partial charge >= 0.3 is 11.9 Å². The van der Waals surface area contributed by atoms with Gasteiger partial charge in [-0.2, -0.15) is 0 Å². The van der Waals surface area contributed by atoms with Crippen LogP contribution in [0.5, 0.6) is 0 Å². The number of carboxylic acids is 1. The lowest BCUT2D eigenvalue weighted by Crippen LogP contribution is -2.57. The lowest BCUT2D eigenvalue weighted by atomic mass is 9.72. The molecule has 5 rings (SSSR count). The number of benzene rings is 2. The summed E-state index contributed by atoms with van der Waals surface area (Å²) in [6.07, 6.45) is 6.15. The molecule has 1 aliphatic carbocycles. The summed E-state index contributed by atoms with van der Waals surface area (Å²) in [5, 5.41) is 14.0. The highest BCUT2D eigenvalue weighted by molar-refractivity contribution is 6.24. The second-order valence-electron chi connectivity index (χ2n) is 10.8. The van der Waals surface area contributed by atoms with Gasteiger partial charge in [0.15, 0.2) is 0 Å². The molecule has 0 aromatic heterocycles. The molecule has 2 aromatic carbocycles. The van der Waals surface area contributed by atoms with Crippen LogP contribution in [0.4, 0.5) is 5.69 Å². The van der Waals surface area contributed by atoms with Gasteiger partial charge in [-0.05, 0) is 54.2 Å². The minimum atomic E-state index is -1.57. The van der Waals surface area contributed by atoms with E-state index in [9.17, 15) is 24.3 Å². The monoisotopic (exact) mass is 518 g/mol. The maximum absolute atomic E-state index is 14.0. The van der Waals surface area contributed by atoms with Crippen LogP contribution >= 0.6 is 0 Å². The number of carbonyl (C=O) groups is 4. The molecule has 1 saturated carbocycles. The first-order valence-electron chi connectivity index (χ1n) is 13.5. The molecule has 200 valence electrons. The molecular weight excluding hydrogens is 484 g/mol. The number of hydrogen-bond acceptors (Lipinski definition) is 6. The van der Waals surface area contributed by atoms with Gasteiger partial charge in [-0.15, -0.1) is 0 Å². The van der Waals surface area contributed by atoms with Crippen molar-refractivity contribution in [2.24, 2.45) is 17.8 Å². The molecule has 4 unspecified atom stereocenters. The number of ether oxygens (including phenoxy) is 1. The molecule has 0 spiro atoms. The van der Waals surface area contributed by atoms with Crippen molar-refractivity contribution < 1.29 is 29.0 Å². The van der Waals surface area contributed by atoms with Crippen molar-refractivity contribution in [2.45, 2.75) is 63.5 Å². The van der Waals surface area contributed by atoms with E-state index in [1.807, 2.05) is 19.1 Å². The summed E-state index contributed by atoms with van der Waals surface area (Å²) in [7, 11) is 1.30. The number of carboxylic acid groups (broad SMARTS) is 1. The quantitative estimate of drug-likeness (QED) is 0.416. The molecule has 8 heteroatoms. The summed E-state index contributed by atoms with van der Waals surface area (Å²) >= 11 is 0. The number of nitrogens with one attached hydrogen (secondary N) is 1. The van der Waals surface area contributed by atoms with E-state index < -0.39 is 47.2 Å². The molecule has 0 bridgehead atoms. The summed E-state index contributed by atoms with van der Waals surface area (Å²) in [5.41, 5.74) is 0.981. The van der Waals surface area contributed by atoms with Gasteiger partial charge in [-0.1, -0.05) is 63.3 Å². The van der Waals surface area contributed by atoms with Gasteiger partial charge in [0.2, 0.25) is 11.8 Å². The second-order valence-corrected chi connectivity index (χ2v) is 10.8. The van der Waals surface area contributed by atoms with E-state index in [1.54, 1.807) is 36.4 Å². The number of methoxy groups -OCH3 is 1. The fraction of sp³-hybridized carbons (Fsp3) is 0.467. The van der Waals surface area contributed by atoms with Gasteiger partial charge in [0.05, 0.1) is 30.2 Å². The second kappa shape index (κ2) is 10.3. The van der Waals surface area contributed by atoms with Crippen molar-refractivity contribution in [3.05, 3.63) is 65.2 Å². The first-order chi connectivity index (χ1) is 18.3. The Kier molecular flexibility index (Phi) is 7.09. The van der Waals surface area contributed by atoms with Gasteiger partial charge < -0.3 is 9.84 Å². The van der Waals surface area contributed by atoms with E-state index in [-0.39, 0.29) is 5.92 Å². The van der Waals surface area contributed by atoms with Crippen LogP contribution in [-0.2, 0) is 25.5 Å². The van der Waals surface area contributed by atoms with E-state index in [1.165, 1.54) is 12.0 Å². The maximum Gasteiger partial charge on any atom is 0.337 e. The van der Waals surface area contributed by atoms with E-state index in [4.69, 9.17) is 4.74 Å². The average Bonchev–Trinajstić information content (AvgIpc) is 3.42. The molecule has 3 fully saturated rings. The topological polar surface area (TPSA) is 113 Å². The molecular formula is C30H34N2O6. The van der Waals surface area contributed by atoms with Crippen LogP contribution in [-0.4, -0.2) is 41.5 Å². The molecule has 2 heterocycles. The van der Waals surface area contributed by atoms with E-state index in [2.05, 4.69) is 5.32 Å². The number of anilines is 1. The van der Waals surface area contributed by atoms with Crippen LogP contribution in [0.3, 0.4) is 0 Å². The predicted molar refractivity (Wildman–Crippen MR) is 141 cm³/mol. The number of rotatable bonds is 7. The van der Waals surface area contributed by atoms with Crippen LogP contribution < -0.4 is 10.2 Å². The third-order valence-corrected chi connectivity index (χ3v) is 8.66. The standard InChI is InChI=1S/C30H34N2O6/c1-3-18-9-15-22(16-10-18)32-26(33)23-24(27(32)34)30(29(36)37,17-19-7-5-4-6-8-19)31-25(23)20-11-13-21(14-12-20)28(35)38-2/h9-16,19,23-25,31H,3-8,17H2,1-2H3,(H,36,37). The number of aliphatic carboxylic acids is 1. The number of nitrogens with zero attached hydrogens (tertiary/aromatic N) is 1. The van der Waals surface area contributed by atoms with Crippen LogP contribution in [0.2, 0.25) is 0 Å². The first-order valence-corrected chi connectivity index (χ1v) is 13.5. The Bertz CT molecular complexity index is 1230. The fourth-order valence-corrected chi connectivity index (χ4v) is 6.69. The molecule has 8 nitrogen and oxygen atoms in total. The normalized spacial score (nSPS) is 27.4. The highest BCUT2D eigenvalue weighted by atomic mass is 16.5. The van der Waals surface area contributed by atoms with Crippen LogP contribution in [0, 0.1) is 17.8 Å². The van der Waals surface area contributed by atoms with E-state index >= 15 is 0 Å². The predicted octanol–water partition coefficient (Wildman–Crippen LogP) is 4.28. The summed E-state index contributed by atoms with van der Waals surface area (Å²) in [6, 6.07) is 13.2. The molecule has 2 saturated heterocycles. The van der Waals surface area contributed by atoms with Gasteiger partial charge in [0.25, 0.3) is 0 Å². The molecule has 2 amide bonds. The zero-order valence-electron chi connectivity index (χ0n) is 21.8. The largest absolute Gasteiger partial charge is 0.480 e. The highest BCUT2D eigenvalue weighted by Crippen LogP contribution is 2.52. The van der Waals surface area contributed by atoms with Crippen LogP contribution in [0.1, 0.15) is 73.0 Å². The van der Waals surface area contributed by atoms with Crippen molar-refractivity contribution in [2.75, 3.05) is 12.0 Å². The Hall–Kier alpha value is -3.52. The number of amides is 2. The number of carbonyl (C=O) groups excluding carboxylic acids is 3. The molecule has 38 heavy (non-hydrogen) atoms. The van der Waals surface area contributed by atoms with Gasteiger partial charge in [-0.3, -0.25) is 19.7 Å². The van der Waals surface area contributed by atoms with Crippen molar-refractivity contribution in [1.82, 2.24) is 5.32 Å². The number of imide groups is 1. The molecule has 3 aliphatic rings. The summed E-state index contributed by atoms with van der Waals surface area (Å²) in [5.74, 6) is -4.21. The molecule has 2 aromatic rings. The van der Waals surface area contributed by atoms with Crippen molar-refractivity contribution in [3.8, 4) is 0 Å². The summed E-state index contributed by atoms with van der Waals surface area (Å²) in [4.78, 5) is 54.2. The van der Waals surface area contributed by atoms with Gasteiger partial charge in [-0.25, -0.2) is 9.69 Å². The lowest BCUT2D eigenvalue weighted by molar-refractivity contribution is -0.150. The van der Waals surface area contributed by atoms with Crippen LogP contribution in [0.25, 0.3) is 0 Å². The molecule has 2 N–H and O–H groups in total. The summed E-state index contributed by atoms with van der Waals surface area (Å²) < 4.78 is 4.79. The maximum atomic E-state index is 14.0. The first kappa shape index (κ1) is 26.1. The minimum absolute atomic E-state index is 0.161. The number of fused-ring (bicyclic) bond motifs is 1. The minimum Gasteiger partial charge on any atom is -0.480 e. The zero-order valence-corrected chi connectivity index (χ0v) is 21.8. The lowest BCUT2D eigenvalue weighted by Gasteiger charge is -2.35. The Morgan fingerprint density at radius 1 is 1.00 bits per heavy atom. The van der Waals surface area contributed by atoms with Gasteiger partial charge in [0, 0.05) is 6.04 Å². The number of esters is 1. The highest BCUT2D eigenvalue weighted by Gasteiger charge is 2.68. The fourth-order valence-electron chi connectivity index (χ4n) is 6.69. The molecule has 2 aliphatic heterocycles. The third kappa shape index (κ3) is 4.30. The van der Waals surface area contributed by atoms with Crippen LogP contribution in [0.15, 0.2) is 48.5 Å². The summed E-state index contributed by atoms with van der Waals surface area (Å²) in [6.45, 7) is 2.03. The average molecular weight is 519 g/mol. The SMILES string of the molecule is CCc1ccc(N2C(=O)C3C(c4ccc(C(=O)OC)cc4)NC(CC4CCCCC4)(C(=O)O)C3C2=O)cc1. The Balaban J connectivity index is 1.58. The molecule has 4 atom stereocenters. The van der Waals surface area contributed by atoms with Crippen molar-refractivity contribution >= 4 is 29.4 Å². The molecule has 0 radical (unpaired) electrons. The Morgan fingerprint density at radius 3 is 2.24 bits per heavy atom. The number of hydrogen-bond donors (Lipinski definition) is 2. The van der Waals surface area contributed by atoms with Crippen molar-refractivity contribution in [3.63, 3.8) is 0 Å².